The van der Waals surface area contributed by atoms with Crippen molar-refractivity contribution in [3.05, 3.63) is 224 Å². The van der Waals surface area contributed by atoms with Crippen LogP contribution in [-0.4, -0.2) is 13.7 Å². The fraction of sp³-hybridized carbons (Fsp3) is 0.0164. The molecule has 0 unspecified atom stereocenters. The quantitative estimate of drug-likeness (QED) is 0.170. The highest BCUT2D eigenvalue weighted by atomic mass is 16.3. The van der Waals surface area contributed by atoms with Gasteiger partial charge in [0.05, 0.1) is 33.1 Å². The van der Waals surface area contributed by atoms with Crippen molar-refractivity contribution in [2.45, 2.75) is 6.92 Å². The normalized spacial score (nSPS) is 12.1. The molecule has 0 aliphatic carbocycles. The number of nitrogens with zero attached hydrogens (tertiary/aromatic N) is 3. The molecular formula is C61H39N3O. The Balaban J connectivity index is 0.980. The average molecular weight is 830 g/mol. The van der Waals surface area contributed by atoms with E-state index in [-0.39, 0.29) is 0 Å². The van der Waals surface area contributed by atoms with Crippen LogP contribution in [-0.2, 0) is 0 Å². The first-order valence-electron chi connectivity index (χ1n) is 22.3. The maximum atomic E-state index is 6.29. The summed E-state index contributed by atoms with van der Waals surface area (Å²) in [6.45, 7) is 2.14. The summed E-state index contributed by atoms with van der Waals surface area (Å²) in [5.74, 6) is 0. The number of benzene rings is 10. The molecule has 0 aliphatic heterocycles. The Hall–Kier alpha value is -8.60. The molecule has 0 saturated carbocycles. The SMILES string of the molecule is Cc1ccc(-n2c3ccccc3c3cc(-c4ccc5c(c4)c4cc(-c6ccc7c(c6)c6ccccc6n7-c6ccccc6)ccc4n5-c4ccc5oc6ccccc6c5c4)ccc32)cc1. The summed E-state index contributed by atoms with van der Waals surface area (Å²) in [5, 5.41) is 9.63. The third kappa shape index (κ3) is 5.38. The zero-order valence-electron chi connectivity index (χ0n) is 35.5. The van der Waals surface area contributed by atoms with Gasteiger partial charge in [-0.2, -0.15) is 0 Å². The molecular weight excluding hydrogens is 791 g/mol. The largest absolute Gasteiger partial charge is 0.456 e. The second kappa shape index (κ2) is 13.7. The summed E-state index contributed by atoms with van der Waals surface area (Å²) < 4.78 is 13.5. The summed E-state index contributed by atoms with van der Waals surface area (Å²) in [4.78, 5) is 0. The lowest BCUT2D eigenvalue weighted by Gasteiger charge is -2.10. The molecule has 10 aromatic carbocycles. The Morgan fingerprint density at radius 2 is 0.646 bits per heavy atom. The number of fused-ring (bicyclic) bond motifs is 12. The number of hydrogen-bond acceptors (Lipinski definition) is 1. The minimum absolute atomic E-state index is 0.892. The van der Waals surface area contributed by atoms with Gasteiger partial charge in [-0.25, -0.2) is 0 Å². The summed E-state index contributed by atoms with van der Waals surface area (Å²) >= 11 is 0. The van der Waals surface area contributed by atoms with Gasteiger partial charge in [0.15, 0.2) is 0 Å². The van der Waals surface area contributed by atoms with Crippen LogP contribution in [0.5, 0.6) is 0 Å². The number of aromatic nitrogens is 3. The Bertz CT molecular complexity index is 4240. The van der Waals surface area contributed by atoms with Crippen molar-refractivity contribution in [3.8, 4) is 39.3 Å². The second-order valence-corrected chi connectivity index (χ2v) is 17.4. The van der Waals surface area contributed by atoms with Crippen LogP contribution in [0.1, 0.15) is 5.56 Å². The third-order valence-electron chi connectivity index (χ3n) is 13.7. The lowest BCUT2D eigenvalue weighted by atomic mass is 9.98. The molecule has 4 aromatic heterocycles. The van der Waals surface area contributed by atoms with Gasteiger partial charge in [-0.1, -0.05) is 115 Å². The van der Waals surface area contributed by atoms with E-state index in [2.05, 4.69) is 227 Å². The van der Waals surface area contributed by atoms with Gasteiger partial charge in [-0.3, -0.25) is 0 Å². The molecule has 4 heterocycles. The van der Waals surface area contributed by atoms with E-state index in [0.29, 0.717) is 0 Å². The molecule has 14 rings (SSSR count). The first-order valence-corrected chi connectivity index (χ1v) is 22.3. The average Bonchev–Trinajstić information content (AvgIpc) is 4.10. The fourth-order valence-electron chi connectivity index (χ4n) is 10.6. The van der Waals surface area contributed by atoms with E-state index in [1.807, 2.05) is 12.1 Å². The van der Waals surface area contributed by atoms with Gasteiger partial charge in [0.1, 0.15) is 11.2 Å². The molecule has 0 aliphatic rings. The zero-order valence-corrected chi connectivity index (χ0v) is 35.5. The van der Waals surface area contributed by atoms with E-state index < -0.39 is 0 Å². The van der Waals surface area contributed by atoms with Gasteiger partial charge in [0.25, 0.3) is 0 Å². The molecule has 304 valence electrons. The monoisotopic (exact) mass is 829 g/mol. The molecule has 0 radical (unpaired) electrons. The van der Waals surface area contributed by atoms with E-state index in [9.17, 15) is 0 Å². The smallest absolute Gasteiger partial charge is 0.135 e. The van der Waals surface area contributed by atoms with Crippen LogP contribution < -0.4 is 0 Å². The standard InChI is InChI=1S/C61H39N3O/c1-38-19-25-44(26-20-38)63-55-17-9-6-14-47(55)50-34-40(22-29-57(50)63)42-24-31-59-52(36-42)51-35-41(23-30-58(51)64(59)45-27-32-61-53(37-45)48-15-7-10-18-60(48)65-61)39-21-28-56-49(33-39)46-13-5-8-16-54(46)62(56)43-11-3-2-4-12-43/h2-37H,1H3. The molecule has 0 saturated heterocycles. The van der Waals surface area contributed by atoms with Gasteiger partial charge < -0.3 is 18.1 Å². The van der Waals surface area contributed by atoms with Crippen LogP contribution in [0.25, 0.3) is 127 Å². The lowest BCUT2D eigenvalue weighted by molar-refractivity contribution is 0.669. The van der Waals surface area contributed by atoms with Crippen molar-refractivity contribution >= 4 is 87.4 Å². The Morgan fingerprint density at radius 1 is 0.262 bits per heavy atom. The van der Waals surface area contributed by atoms with Crippen molar-refractivity contribution < 1.29 is 4.42 Å². The third-order valence-corrected chi connectivity index (χ3v) is 13.7. The maximum Gasteiger partial charge on any atom is 0.135 e. The molecule has 0 spiro atoms. The van der Waals surface area contributed by atoms with Crippen molar-refractivity contribution in [1.82, 2.24) is 13.7 Å². The number of aryl methyl sites for hydroxylation is 1. The summed E-state index contributed by atoms with van der Waals surface area (Å²) in [6.07, 6.45) is 0. The molecule has 0 amide bonds. The van der Waals surface area contributed by atoms with Crippen LogP contribution in [0.3, 0.4) is 0 Å². The van der Waals surface area contributed by atoms with Crippen molar-refractivity contribution in [1.29, 1.82) is 0 Å². The fourth-order valence-corrected chi connectivity index (χ4v) is 10.6. The highest BCUT2D eigenvalue weighted by Crippen LogP contribution is 2.42. The second-order valence-electron chi connectivity index (χ2n) is 17.4. The van der Waals surface area contributed by atoms with Crippen LogP contribution in [0.2, 0.25) is 0 Å². The number of para-hydroxylation sites is 4. The molecule has 0 atom stereocenters. The van der Waals surface area contributed by atoms with Crippen LogP contribution in [0.15, 0.2) is 223 Å². The van der Waals surface area contributed by atoms with Gasteiger partial charge in [-0.05, 0) is 138 Å². The van der Waals surface area contributed by atoms with Gasteiger partial charge in [-0.15, -0.1) is 0 Å². The van der Waals surface area contributed by atoms with E-state index >= 15 is 0 Å². The Morgan fingerprint density at radius 3 is 1.18 bits per heavy atom. The topological polar surface area (TPSA) is 27.9 Å². The Kier molecular flexibility index (Phi) is 7.57. The van der Waals surface area contributed by atoms with Crippen LogP contribution in [0, 0.1) is 6.92 Å². The van der Waals surface area contributed by atoms with E-state index in [0.717, 1.165) is 44.3 Å². The van der Waals surface area contributed by atoms with Gasteiger partial charge in [0.2, 0.25) is 0 Å². The molecule has 65 heavy (non-hydrogen) atoms. The minimum atomic E-state index is 0.892. The van der Waals surface area contributed by atoms with Crippen molar-refractivity contribution in [3.63, 3.8) is 0 Å². The minimum Gasteiger partial charge on any atom is -0.456 e. The van der Waals surface area contributed by atoms with Crippen molar-refractivity contribution in [2.24, 2.45) is 0 Å². The summed E-state index contributed by atoms with van der Waals surface area (Å²) in [6, 6.07) is 79.9. The molecule has 0 N–H and O–H groups in total. The predicted molar refractivity (Wildman–Crippen MR) is 272 cm³/mol. The number of rotatable bonds is 5. The zero-order chi connectivity index (χ0) is 42.8. The van der Waals surface area contributed by atoms with E-state index in [1.54, 1.807) is 0 Å². The predicted octanol–water partition coefficient (Wildman–Crippen LogP) is 16.5. The highest BCUT2D eigenvalue weighted by Gasteiger charge is 2.19. The van der Waals surface area contributed by atoms with E-state index in [4.69, 9.17) is 4.42 Å². The first-order chi connectivity index (χ1) is 32.1. The molecule has 4 nitrogen and oxygen atoms in total. The maximum absolute atomic E-state index is 6.29. The molecule has 0 fully saturated rings. The highest BCUT2D eigenvalue weighted by molar-refractivity contribution is 6.15. The number of hydrogen-bond donors (Lipinski definition) is 0. The van der Waals surface area contributed by atoms with Crippen LogP contribution >= 0.6 is 0 Å². The van der Waals surface area contributed by atoms with E-state index in [1.165, 1.54) is 87.9 Å². The molecule has 4 heteroatoms. The Labute approximate surface area is 374 Å². The van der Waals surface area contributed by atoms with Gasteiger partial charge in [0, 0.05) is 60.2 Å². The molecule has 0 bridgehead atoms. The first kappa shape index (κ1) is 35.9. The number of furan rings is 1. The van der Waals surface area contributed by atoms with Crippen LogP contribution in [0.4, 0.5) is 0 Å². The van der Waals surface area contributed by atoms with Gasteiger partial charge >= 0.3 is 0 Å². The molecule has 14 aromatic rings. The lowest BCUT2D eigenvalue weighted by Crippen LogP contribution is -1.94. The summed E-state index contributed by atoms with van der Waals surface area (Å²) in [7, 11) is 0. The van der Waals surface area contributed by atoms with Crippen molar-refractivity contribution in [2.75, 3.05) is 0 Å². The summed E-state index contributed by atoms with van der Waals surface area (Å²) in [5.41, 5.74) is 18.4.